The van der Waals surface area contributed by atoms with Crippen LogP contribution in [-0.4, -0.2) is 25.5 Å². The van der Waals surface area contributed by atoms with E-state index < -0.39 is 0 Å². The minimum atomic E-state index is -0.174. The van der Waals surface area contributed by atoms with Crippen molar-refractivity contribution in [3.63, 3.8) is 0 Å². The third kappa shape index (κ3) is 2.10. The minimum Gasteiger partial charge on any atom is -0.355 e. The summed E-state index contributed by atoms with van der Waals surface area (Å²) in [7, 11) is 0. The van der Waals surface area contributed by atoms with Crippen molar-refractivity contribution in [2.24, 2.45) is 16.7 Å². The van der Waals surface area contributed by atoms with E-state index in [4.69, 9.17) is 0 Å². The monoisotopic (exact) mass is 224 g/mol. The molecule has 1 unspecified atom stereocenters. The Hall–Kier alpha value is -0.570. The fourth-order valence-electron chi connectivity index (χ4n) is 2.60. The molecule has 0 aromatic carbocycles. The van der Waals surface area contributed by atoms with Gasteiger partial charge in [0.2, 0.25) is 5.91 Å². The Morgan fingerprint density at radius 3 is 2.50 bits per heavy atom. The number of hydrogen-bond acceptors (Lipinski definition) is 2. The van der Waals surface area contributed by atoms with E-state index in [1.54, 1.807) is 0 Å². The molecule has 16 heavy (non-hydrogen) atoms. The van der Waals surface area contributed by atoms with Gasteiger partial charge in [0.05, 0.1) is 5.41 Å². The quantitative estimate of drug-likeness (QED) is 0.760. The van der Waals surface area contributed by atoms with E-state index in [0.717, 1.165) is 26.1 Å². The lowest BCUT2D eigenvalue weighted by Gasteiger charge is -2.25. The summed E-state index contributed by atoms with van der Waals surface area (Å²) in [5.74, 6) is 0.923. The Labute approximate surface area is 98.4 Å². The Balaban J connectivity index is 1.84. The molecule has 1 heterocycles. The van der Waals surface area contributed by atoms with Gasteiger partial charge < -0.3 is 10.6 Å². The first-order valence-corrected chi connectivity index (χ1v) is 6.48. The summed E-state index contributed by atoms with van der Waals surface area (Å²) in [6, 6.07) is 0. The molecule has 0 aromatic rings. The van der Waals surface area contributed by atoms with E-state index >= 15 is 0 Å². The van der Waals surface area contributed by atoms with Crippen LogP contribution in [0, 0.1) is 16.7 Å². The maximum Gasteiger partial charge on any atom is 0.227 e. The predicted molar refractivity (Wildman–Crippen MR) is 65.1 cm³/mol. The molecule has 92 valence electrons. The predicted octanol–water partition coefficient (Wildman–Crippen LogP) is 1.54. The van der Waals surface area contributed by atoms with Gasteiger partial charge in [-0.3, -0.25) is 4.79 Å². The van der Waals surface area contributed by atoms with Crippen LogP contribution < -0.4 is 10.6 Å². The highest BCUT2D eigenvalue weighted by Gasteiger charge is 2.46. The first-order chi connectivity index (χ1) is 7.49. The third-order valence-corrected chi connectivity index (χ3v) is 4.63. The van der Waals surface area contributed by atoms with Crippen LogP contribution in [0.5, 0.6) is 0 Å². The number of nitrogens with one attached hydrogen (secondary N) is 2. The molecule has 1 saturated heterocycles. The molecule has 1 aliphatic heterocycles. The molecule has 0 radical (unpaired) electrons. The zero-order valence-corrected chi connectivity index (χ0v) is 10.7. The number of hydrogen-bond donors (Lipinski definition) is 2. The molecule has 3 nitrogen and oxygen atoms in total. The van der Waals surface area contributed by atoms with Crippen LogP contribution in [0.3, 0.4) is 0 Å². The second-order valence-corrected chi connectivity index (χ2v) is 6.19. The molecular formula is C13H24N2O. The summed E-state index contributed by atoms with van der Waals surface area (Å²) >= 11 is 0. The van der Waals surface area contributed by atoms with Crippen molar-refractivity contribution in [2.75, 3.05) is 19.6 Å². The standard InChI is InChI=1S/C13H24N2O/c1-10(2)13(4-5-13)9-15-11(16)12(3)6-7-14-8-12/h10,14H,4-9H2,1-3H3,(H,15,16). The zero-order valence-electron chi connectivity index (χ0n) is 10.7. The second kappa shape index (κ2) is 4.02. The maximum atomic E-state index is 12.1. The van der Waals surface area contributed by atoms with E-state index in [9.17, 15) is 4.79 Å². The Morgan fingerprint density at radius 1 is 1.38 bits per heavy atom. The van der Waals surface area contributed by atoms with Gasteiger partial charge in [-0.05, 0) is 44.1 Å². The van der Waals surface area contributed by atoms with Crippen molar-refractivity contribution >= 4 is 5.91 Å². The highest BCUT2D eigenvalue weighted by molar-refractivity contribution is 5.82. The maximum absolute atomic E-state index is 12.1. The van der Waals surface area contributed by atoms with Crippen molar-refractivity contribution < 1.29 is 4.79 Å². The highest BCUT2D eigenvalue weighted by atomic mass is 16.2. The van der Waals surface area contributed by atoms with Crippen molar-refractivity contribution in [1.82, 2.24) is 10.6 Å². The molecule has 2 aliphatic rings. The van der Waals surface area contributed by atoms with E-state index in [0.29, 0.717) is 11.3 Å². The molecule has 0 spiro atoms. The number of carbonyl (C=O) groups excluding carboxylic acids is 1. The summed E-state index contributed by atoms with van der Waals surface area (Å²) in [6.07, 6.45) is 3.52. The molecule has 0 bridgehead atoms. The molecule has 3 heteroatoms. The molecular weight excluding hydrogens is 200 g/mol. The molecule has 1 amide bonds. The molecule has 1 saturated carbocycles. The average Bonchev–Trinajstić information content (AvgIpc) is 2.92. The summed E-state index contributed by atoms with van der Waals surface area (Å²) < 4.78 is 0. The lowest BCUT2D eigenvalue weighted by Crippen LogP contribution is -2.43. The minimum absolute atomic E-state index is 0.174. The first-order valence-electron chi connectivity index (χ1n) is 6.48. The average molecular weight is 224 g/mol. The van der Waals surface area contributed by atoms with Crippen LogP contribution in [0.4, 0.5) is 0 Å². The molecule has 2 N–H and O–H groups in total. The number of amides is 1. The molecule has 2 rings (SSSR count). The first kappa shape index (κ1) is 11.9. The Morgan fingerprint density at radius 2 is 2.06 bits per heavy atom. The van der Waals surface area contributed by atoms with Crippen LogP contribution in [0.2, 0.25) is 0 Å². The lowest BCUT2D eigenvalue weighted by molar-refractivity contribution is -0.129. The highest BCUT2D eigenvalue weighted by Crippen LogP contribution is 2.51. The van der Waals surface area contributed by atoms with Gasteiger partial charge in [0.1, 0.15) is 0 Å². The second-order valence-electron chi connectivity index (χ2n) is 6.19. The van der Waals surface area contributed by atoms with Crippen LogP contribution in [-0.2, 0) is 4.79 Å². The van der Waals surface area contributed by atoms with E-state index in [1.165, 1.54) is 12.8 Å². The molecule has 0 aromatic heterocycles. The van der Waals surface area contributed by atoms with E-state index in [-0.39, 0.29) is 11.3 Å². The fraction of sp³-hybridized carbons (Fsp3) is 0.923. The molecule has 1 atom stereocenters. The van der Waals surface area contributed by atoms with Crippen molar-refractivity contribution in [1.29, 1.82) is 0 Å². The summed E-state index contributed by atoms with van der Waals surface area (Å²) in [5, 5.41) is 6.44. The summed E-state index contributed by atoms with van der Waals surface area (Å²) in [5.41, 5.74) is 0.241. The Kier molecular flexibility index (Phi) is 2.99. The number of carbonyl (C=O) groups is 1. The van der Waals surface area contributed by atoms with Crippen molar-refractivity contribution in [3.8, 4) is 0 Å². The summed E-state index contributed by atoms with van der Waals surface area (Å²) in [4.78, 5) is 12.1. The van der Waals surface area contributed by atoms with Gasteiger partial charge in [-0.1, -0.05) is 13.8 Å². The Bertz CT molecular complexity index is 276. The topological polar surface area (TPSA) is 41.1 Å². The van der Waals surface area contributed by atoms with Crippen molar-refractivity contribution in [2.45, 2.75) is 40.0 Å². The van der Waals surface area contributed by atoms with Crippen molar-refractivity contribution in [3.05, 3.63) is 0 Å². The zero-order chi connectivity index (χ0) is 11.8. The molecule has 1 aliphatic carbocycles. The summed E-state index contributed by atoms with van der Waals surface area (Å²) in [6.45, 7) is 9.26. The van der Waals surface area contributed by atoms with Gasteiger partial charge in [0.25, 0.3) is 0 Å². The SMILES string of the molecule is CC(C)C1(CNC(=O)C2(C)CCNC2)CC1. The molecule has 2 fully saturated rings. The van der Waals surface area contributed by atoms with Crippen LogP contribution in [0.25, 0.3) is 0 Å². The van der Waals surface area contributed by atoms with Crippen LogP contribution >= 0.6 is 0 Å². The largest absolute Gasteiger partial charge is 0.355 e. The fourth-order valence-corrected chi connectivity index (χ4v) is 2.60. The third-order valence-electron chi connectivity index (χ3n) is 4.63. The smallest absolute Gasteiger partial charge is 0.227 e. The van der Waals surface area contributed by atoms with E-state index in [2.05, 4.69) is 31.4 Å². The van der Waals surface area contributed by atoms with Crippen LogP contribution in [0.1, 0.15) is 40.0 Å². The lowest BCUT2D eigenvalue weighted by atomic mass is 9.87. The van der Waals surface area contributed by atoms with E-state index in [1.807, 2.05) is 0 Å². The van der Waals surface area contributed by atoms with Crippen LogP contribution in [0.15, 0.2) is 0 Å². The van der Waals surface area contributed by atoms with Gasteiger partial charge in [-0.2, -0.15) is 0 Å². The van der Waals surface area contributed by atoms with Gasteiger partial charge >= 0.3 is 0 Å². The van der Waals surface area contributed by atoms with Gasteiger partial charge in [-0.15, -0.1) is 0 Å². The van der Waals surface area contributed by atoms with Gasteiger partial charge in [-0.25, -0.2) is 0 Å². The van der Waals surface area contributed by atoms with Gasteiger partial charge in [0.15, 0.2) is 0 Å². The number of rotatable bonds is 4. The normalized spacial score (nSPS) is 31.8. The van der Waals surface area contributed by atoms with Gasteiger partial charge in [0, 0.05) is 13.1 Å².